The zero-order valence-corrected chi connectivity index (χ0v) is 22.6. The van der Waals surface area contributed by atoms with E-state index in [0.717, 1.165) is 56.7 Å². The first-order valence-electron chi connectivity index (χ1n) is 13.9. The van der Waals surface area contributed by atoms with Gasteiger partial charge in [0.05, 0.1) is 19.0 Å². The maximum absolute atomic E-state index is 14.2. The first-order valence-corrected chi connectivity index (χ1v) is 13.9. The van der Waals surface area contributed by atoms with Crippen LogP contribution in [-0.4, -0.2) is 58.9 Å². The van der Waals surface area contributed by atoms with E-state index in [4.69, 9.17) is 15.0 Å². The zero-order chi connectivity index (χ0) is 27.4. The van der Waals surface area contributed by atoms with Gasteiger partial charge in [0.15, 0.2) is 11.6 Å². The van der Waals surface area contributed by atoms with Gasteiger partial charge in [-0.25, -0.2) is 18.7 Å². The number of piperidine rings is 2. The number of anilines is 2. The van der Waals surface area contributed by atoms with Crippen LogP contribution in [0, 0.1) is 17.6 Å². The van der Waals surface area contributed by atoms with Crippen LogP contribution in [0.4, 0.5) is 20.7 Å². The summed E-state index contributed by atoms with van der Waals surface area (Å²) in [5.74, 6) is 1.75. The van der Waals surface area contributed by atoms with Gasteiger partial charge in [-0.15, -0.1) is 0 Å². The molecule has 2 aromatic heterocycles. The SMILES string of the molecule is CC(C)c1noc(N2CCC(CCCOc3cnc(N4CC[C@@H](c5cc(F)ccc5F)[C@H](N)C4)nc3)CC2)n1. The minimum absolute atomic E-state index is 0.247. The Hall–Kier alpha value is -3.34. The molecule has 2 fully saturated rings. The molecule has 210 valence electrons. The molecule has 4 heterocycles. The van der Waals surface area contributed by atoms with Crippen molar-refractivity contribution in [2.45, 2.75) is 63.8 Å². The molecule has 0 unspecified atom stereocenters. The largest absolute Gasteiger partial charge is 0.490 e. The zero-order valence-electron chi connectivity index (χ0n) is 22.6. The van der Waals surface area contributed by atoms with Gasteiger partial charge in [0.2, 0.25) is 5.95 Å². The summed E-state index contributed by atoms with van der Waals surface area (Å²) < 4.78 is 39.2. The maximum atomic E-state index is 14.2. The molecule has 2 aliphatic rings. The Labute approximate surface area is 227 Å². The molecule has 2 N–H and O–H groups in total. The molecule has 0 amide bonds. The lowest BCUT2D eigenvalue weighted by atomic mass is 9.85. The van der Waals surface area contributed by atoms with Crippen LogP contribution in [0.25, 0.3) is 0 Å². The molecule has 2 atom stereocenters. The molecule has 0 bridgehead atoms. The highest BCUT2D eigenvalue weighted by Gasteiger charge is 2.31. The molecule has 5 rings (SSSR count). The minimum atomic E-state index is -0.453. The highest BCUT2D eigenvalue weighted by atomic mass is 19.1. The summed E-state index contributed by atoms with van der Waals surface area (Å²) in [5, 5.41) is 4.07. The van der Waals surface area contributed by atoms with Gasteiger partial charge in [-0.1, -0.05) is 19.0 Å². The van der Waals surface area contributed by atoms with E-state index < -0.39 is 11.6 Å². The smallest absolute Gasteiger partial charge is 0.324 e. The van der Waals surface area contributed by atoms with Gasteiger partial charge < -0.3 is 24.8 Å². The van der Waals surface area contributed by atoms with E-state index in [1.54, 1.807) is 12.4 Å². The number of rotatable bonds is 9. The van der Waals surface area contributed by atoms with Crippen LogP contribution in [-0.2, 0) is 0 Å². The summed E-state index contributed by atoms with van der Waals surface area (Å²) in [5.41, 5.74) is 6.69. The quantitative estimate of drug-likeness (QED) is 0.387. The lowest BCUT2D eigenvalue weighted by Gasteiger charge is -2.37. The van der Waals surface area contributed by atoms with Gasteiger partial charge in [-0.3, -0.25) is 0 Å². The highest BCUT2D eigenvalue weighted by molar-refractivity contribution is 5.35. The Bertz CT molecular complexity index is 1210. The van der Waals surface area contributed by atoms with Crippen molar-refractivity contribution >= 4 is 12.0 Å². The van der Waals surface area contributed by atoms with Crippen molar-refractivity contribution < 1.29 is 18.0 Å². The van der Waals surface area contributed by atoms with Gasteiger partial charge in [0, 0.05) is 44.1 Å². The van der Waals surface area contributed by atoms with E-state index >= 15 is 0 Å². The predicted molar refractivity (Wildman–Crippen MR) is 144 cm³/mol. The monoisotopic (exact) mass is 541 g/mol. The summed E-state index contributed by atoms with van der Waals surface area (Å²) in [6.45, 7) is 7.66. The van der Waals surface area contributed by atoms with E-state index in [1.807, 2.05) is 4.90 Å². The molecule has 9 nitrogen and oxygen atoms in total. The molecule has 2 aliphatic heterocycles. The van der Waals surface area contributed by atoms with Crippen LogP contribution in [0.5, 0.6) is 5.75 Å². The fraction of sp³-hybridized carbons (Fsp3) is 0.571. The second-order valence-corrected chi connectivity index (χ2v) is 10.9. The summed E-state index contributed by atoms with van der Waals surface area (Å²) in [7, 11) is 0. The van der Waals surface area contributed by atoms with Crippen LogP contribution >= 0.6 is 0 Å². The molecule has 3 aromatic rings. The maximum Gasteiger partial charge on any atom is 0.324 e. The van der Waals surface area contributed by atoms with Gasteiger partial charge in [-0.2, -0.15) is 4.98 Å². The molecule has 0 aliphatic carbocycles. The molecule has 0 radical (unpaired) electrons. The Balaban J connectivity index is 1.02. The van der Waals surface area contributed by atoms with Crippen molar-refractivity contribution in [2.75, 3.05) is 42.6 Å². The third-order valence-corrected chi connectivity index (χ3v) is 7.77. The summed E-state index contributed by atoms with van der Waals surface area (Å²) >= 11 is 0. The fourth-order valence-electron chi connectivity index (χ4n) is 5.46. The average Bonchev–Trinajstić information content (AvgIpc) is 3.44. The van der Waals surface area contributed by atoms with Crippen molar-refractivity contribution in [3.8, 4) is 5.75 Å². The lowest BCUT2D eigenvalue weighted by molar-refractivity contribution is 0.275. The molecule has 0 saturated carbocycles. The Morgan fingerprint density at radius 2 is 1.82 bits per heavy atom. The predicted octanol–water partition coefficient (Wildman–Crippen LogP) is 4.66. The van der Waals surface area contributed by atoms with Crippen molar-refractivity contribution in [3.63, 3.8) is 0 Å². The number of hydrogen-bond acceptors (Lipinski definition) is 9. The fourth-order valence-corrected chi connectivity index (χ4v) is 5.46. The van der Waals surface area contributed by atoms with Crippen molar-refractivity contribution in [1.82, 2.24) is 20.1 Å². The number of ether oxygens (including phenoxy) is 1. The first kappa shape index (κ1) is 27.2. The Kier molecular flexibility index (Phi) is 8.54. The number of hydrogen-bond donors (Lipinski definition) is 1. The van der Waals surface area contributed by atoms with Crippen molar-refractivity contribution in [1.29, 1.82) is 0 Å². The van der Waals surface area contributed by atoms with Crippen LogP contribution in [0.15, 0.2) is 35.1 Å². The van der Waals surface area contributed by atoms with Crippen LogP contribution in [0.3, 0.4) is 0 Å². The van der Waals surface area contributed by atoms with Gasteiger partial charge in [0.25, 0.3) is 0 Å². The number of benzene rings is 1. The lowest BCUT2D eigenvalue weighted by Crippen LogP contribution is -2.48. The molecule has 1 aromatic carbocycles. The first-order chi connectivity index (χ1) is 18.9. The molecule has 0 spiro atoms. The second-order valence-electron chi connectivity index (χ2n) is 10.9. The Morgan fingerprint density at radius 1 is 1.08 bits per heavy atom. The molecule has 2 saturated heterocycles. The number of aromatic nitrogens is 4. The topological polar surface area (TPSA) is 106 Å². The third-order valence-electron chi connectivity index (χ3n) is 7.77. The Morgan fingerprint density at radius 3 is 2.51 bits per heavy atom. The normalized spacial score (nSPS) is 20.6. The standard InChI is InChI=1S/C28H37F2N7O2/c1-18(2)26-34-28(39-35-26)36-10-7-19(8-11-36)4-3-13-38-21-15-32-27(33-16-21)37-12-9-22(25(31)17-37)23-14-20(29)5-6-24(23)30/h5-6,14-16,18-19,22,25H,3-4,7-13,17,31H2,1-2H3/t22-,25+/m0/s1. The van der Waals surface area contributed by atoms with Gasteiger partial charge in [0.1, 0.15) is 11.6 Å². The third kappa shape index (κ3) is 6.63. The van der Waals surface area contributed by atoms with E-state index in [2.05, 4.69) is 38.9 Å². The van der Waals surface area contributed by atoms with Crippen LogP contribution < -0.4 is 20.3 Å². The van der Waals surface area contributed by atoms with Crippen LogP contribution in [0.1, 0.15) is 69.2 Å². The minimum Gasteiger partial charge on any atom is -0.490 e. The van der Waals surface area contributed by atoms with E-state index in [1.165, 1.54) is 6.07 Å². The number of nitrogens with two attached hydrogens (primary N) is 1. The van der Waals surface area contributed by atoms with Crippen LogP contribution in [0.2, 0.25) is 0 Å². The summed E-state index contributed by atoms with van der Waals surface area (Å²) in [4.78, 5) is 17.6. The molecule has 11 heteroatoms. The summed E-state index contributed by atoms with van der Waals surface area (Å²) in [6, 6.07) is 3.82. The van der Waals surface area contributed by atoms with E-state index in [0.29, 0.717) is 55.3 Å². The average molecular weight is 542 g/mol. The summed E-state index contributed by atoms with van der Waals surface area (Å²) in [6.07, 6.45) is 8.22. The molecule has 39 heavy (non-hydrogen) atoms. The number of nitrogens with zero attached hydrogens (tertiary/aromatic N) is 6. The number of halogens is 2. The van der Waals surface area contributed by atoms with Crippen molar-refractivity contribution in [2.24, 2.45) is 11.7 Å². The van der Waals surface area contributed by atoms with Crippen molar-refractivity contribution in [3.05, 3.63) is 53.6 Å². The van der Waals surface area contributed by atoms with E-state index in [9.17, 15) is 8.78 Å². The second kappa shape index (κ2) is 12.2. The molecular weight excluding hydrogens is 504 g/mol. The molecular formula is C28H37F2N7O2. The highest BCUT2D eigenvalue weighted by Crippen LogP contribution is 2.31. The van der Waals surface area contributed by atoms with Gasteiger partial charge >= 0.3 is 6.01 Å². The van der Waals surface area contributed by atoms with Gasteiger partial charge in [-0.05, 0) is 61.8 Å². The van der Waals surface area contributed by atoms with E-state index in [-0.39, 0.29) is 17.9 Å².